The first kappa shape index (κ1) is 8.84. The first-order valence-corrected chi connectivity index (χ1v) is 3.75. The molecule has 0 aromatic rings. The Morgan fingerprint density at radius 1 is 1.00 bits per heavy atom. The molecular formula is C7H11F3O. The van der Waals surface area contributed by atoms with Gasteiger partial charge in [-0.2, -0.15) is 13.2 Å². The second-order valence-corrected chi connectivity index (χ2v) is 3.09. The van der Waals surface area contributed by atoms with Crippen LogP contribution in [0, 0.1) is 0 Å². The lowest BCUT2D eigenvalue weighted by Gasteiger charge is -2.33. The highest BCUT2D eigenvalue weighted by molar-refractivity contribution is 4.88. The Labute approximate surface area is 63.2 Å². The third kappa shape index (κ3) is 1.67. The van der Waals surface area contributed by atoms with Gasteiger partial charge in [-0.05, 0) is 12.8 Å². The van der Waals surface area contributed by atoms with Crippen LogP contribution in [-0.2, 0) is 0 Å². The Kier molecular flexibility index (Phi) is 2.14. The van der Waals surface area contributed by atoms with E-state index in [4.69, 9.17) is 5.11 Å². The van der Waals surface area contributed by atoms with Crippen LogP contribution in [0.3, 0.4) is 0 Å². The molecule has 0 unspecified atom stereocenters. The fraction of sp³-hybridized carbons (Fsp3) is 1.00. The average Bonchev–Trinajstić information content (AvgIpc) is 1.87. The quantitative estimate of drug-likeness (QED) is 0.588. The molecule has 0 bridgehead atoms. The van der Waals surface area contributed by atoms with Crippen LogP contribution in [-0.4, -0.2) is 16.9 Å². The van der Waals surface area contributed by atoms with Crippen molar-refractivity contribution in [3.05, 3.63) is 0 Å². The molecule has 1 aliphatic rings. The first-order valence-electron chi connectivity index (χ1n) is 3.75. The normalized spacial score (nSPS) is 25.1. The van der Waals surface area contributed by atoms with E-state index in [0.29, 0.717) is 12.8 Å². The number of hydrogen-bond acceptors (Lipinski definition) is 1. The molecule has 1 N–H and O–H groups in total. The van der Waals surface area contributed by atoms with Gasteiger partial charge in [0.05, 0.1) is 0 Å². The summed E-state index contributed by atoms with van der Waals surface area (Å²) in [4.78, 5) is 0. The summed E-state index contributed by atoms with van der Waals surface area (Å²) in [5.41, 5.74) is -2.38. The monoisotopic (exact) mass is 168 g/mol. The lowest BCUT2D eigenvalue weighted by molar-refractivity contribution is -0.269. The Morgan fingerprint density at radius 3 is 1.73 bits per heavy atom. The molecule has 0 heterocycles. The van der Waals surface area contributed by atoms with Gasteiger partial charge in [-0.25, -0.2) is 0 Å². The van der Waals surface area contributed by atoms with Crippen LogP contribution in [0.4, 0.5) is 13.2 Å². The minimum absolute atomic E-state index is 0.128. The molecule has 4 heteroatoms. The zero-order valence-corrected chi connectivity index (χ0v) is 6.12. The molecule has 1 nitrogen and oxygen atoms in total. The standard InChI is InChI=1S/C7H11F3O/c8-7(9,10)6(11)4-2-1-3-5-6/h11H,1-5H2. The van der Waals surface area contributed by atoms with E-state index >= 15 is 0 Å². The third-order valence-corrected chi connectivity index (χ3v) is 2.21. The number of rotatable bonds is 0. The molecule has 0 aromatic carbocycles. The molecule has 0 spiro atoms. The van der Waals surface area contributed by atoms with Crippen molar-refractivity contribution in [1.82, 2.24) is 0 Å². The predicted octanol–water partition coefficient (Wildman–Crippen LogP) is 2.24. The van der Waals surface area contributed by atoms with Gasteiger partial charge in [-0.3, -0.25) is 0 Å². The summed E-state index contributed by atoms with van der Waals surface area (Å²) in [6, 6.07) is 0. The Balaban J connectivity index is 2.64. The highest BCUT2D eigenvalue weighted by Crippen LogP contribution is 2.41. The average molecular weight is 168 g/mol. The van der Waals surface area contributed by atoms with E-state index in [1.807, 2.05) is 0 Å². The maximum atomic E-state index is 12.1. The van der Waals surface area contributed by atoms with Crippen molar-refractivity contribution < 1.29 is 18.3 Å². The van der Waals surface area contributed by atoms with E-state index in [-0.39, 0.29) is 12.8 Å². The van der Waals surface area contributed by atoms with Crippen molar-refractivity contribution in [3.8, 4) is 0 Å². The van der Waals surface area contributed by atoms with Crippen molar-refractivity contribution in [2.75, 3.05) is 0 Å². The summed E-state index contributed by atoms with van der Waals surface area (Å²) < 4.78 is 36.2. The lowest BCUT2D eigenvalue weighted by Crippen LogP contribution is -2.46. The molecule has 0 saturated heterocycles. The molecule has 11 heavy (non-hydrogen) atoms. The van der Waals surface area contributed by atoms with Gasteiger partial charge in [-0.15, -0.1) is 0 Å². The fourth-order valence-electron chi connectivity index (χ4n) is 1.42. The summed E-state index contributed by atoms with van der Waals surface area (Å²) in [7, 11) is 0. The van der Waals surface area contributed by atoms with E-state index in [0.717, 1.165) is 6.42 Å². The fourth-order valence-corrected chi connectivity index (χ4v) is 1.42. The van der Waals surface area contributed by atoms with Crippen molar-refractivity contribution >= 4 is 0 Å². The van der Waals surface area contributed by atoms with Gasteiger partial charge < -0.3 is 5.11 Å². The Morgan fingerprint density at radius 2 is 1.45 bits per heavy atom. The van der Waals surface area contributed by atoms with Crippen molar-refractivity contribution in [1.29, 1.82) is 0 Å². The number of hydrogen-bond donors (Lipinski definition) is 1. The molecule has 0 radical (unpaired) electrons. The number of aliphatic hydroxyl groups is 1. The van der Waals surface area contributed by atoms with Crippen LogP contribution in [0.1, 0.15) is 32.1 Å². The minimum Gasteiger partial charge on any atom is -0.380 e. The number of halogens is 3. The molecule has 0 aliphatic heterocycles. The molecule has 0 atom stereocenters. The summed E-state index contributed by atoms with van der Waals surface area (Å²) in [6.45, 7) is 0. The summed E-state index contributed by atoms with van der Waals surface area (Å²) in [5.74, 6) is 0. The molecule has 1 saturated carbocycles. The van der Waals surface area contributed by atoms with Crippen molar-refractivity contribution in [2.24, 2.45) is 0 Å². The molecule has 0 amide bonds. The first-order chi connectivity index (χ1) is 4.96. The largest absolute Gasteiger partial charge is 0.417 e. The van der Waals surface area contributed by atoms with E-state index < -0.39 is 11.8 Å². The highest BCUT2D eigenvalue weighted by Gasteiger charge is 2.53. The summed E-state index contributed by atoms with van der Waals surface area (Å²) >= 11 is 0. The highest BCUT2D eigenvalue weighted by atomic mass is 19.4. The zero-order valence-electron chi connectivity index (χ0n) is 6.12. The van der Waals surface area contributed by atoms with Gasteiger partial charge in [0, 0.05) is 0 Å². The van der Waals surface area contributed by atoms with Crippen molar-refractivity contribution in [3.63, 3.8) is 0 Å². The molecule has 1 aliphatic carbocycles. The Hall–Kier alpha value is -0.250. The topological polar surface area (TPSA) is 20.2 Å². The molecule has 1 rings (SSSR count). The maximum absolute atomic E-state index is 12.1. The van der Waals surface area contributed by atoms with Gasteiger partial charge in [0.1, 0.15) is 0 Å². The van der Waals surface area contributed by atoms with E-state index in [1.165, 1.54) is 0 Å². The smallest absolute Gasteiger partial charge is 0.380 e. The van der Waals surface area contributed by atoms with Gasteiger partial charge in [0.15, 0.2) is 5.60 Å². The van der Waals surface area contributed by atoms with Crippen LogP contribution >= 0.6 is 0 Å². The van der Waals surface area contributed by atoms with Crippen molar-refractivity contribution in [2.45, 2.75) is 43.9 Å². The maximum Gasteiger partial charge on any atom is 0.417 e. The SMILES string of the molecule is OC1(C(F)(F)F)CCCCC1. The van der Waals surface area contributed by atoms with Gasteiger partial charge >= 0.3 is 6.18 Å². The van der Waals surface area contributed by atoms with Crippen LogP contribution < -0.4 is 0 Å². The molecular weight excluding hydrogens is 157 g/mol. The van der Waals surface area contributed by atoms with Gasteiger partial charge in [0.25, 0.3) is 0 Å². The molecule has 1 fully saturated rings. The van der Waals surface area contributed by atoms with Crippen LogP contribution in [0.5, 0.6) is 0 Å². The van der Waals surface area contributed by atoms with Gasteiger partial charge in [-0.1, -0.05) is 19.3 Å². The van der Waals surface area contributed by atoms with E-state index in [9.17, 15) is 13.2 Å². The summed E-state index contributed by atoms with van der Waals surface area (Å²) in [5, 5.41) is 9.08. The Bertz CT molecular complexity index is 135. The summed E-state index contributed by atoms with van der Waals surface area (Å²) in [6.07, 6.45) is -2.93. The minimum atomic E-state index is -4.44. The van der Waals surface area contributed by atoms with Gasteiger partial charge in [0.2, 0.25) is 0 Å². The van der Waals surface area contributed by atoms with Crippen LogP contribution in [0.25, 0.3) is 0 Å². The molecule has 0 aromatic heterocycles. The van der Waals surface area contributed by atoms with Crippen LogP contribution in [0.2, 0.25) is 0 Å². The van der Waals surface area contributed by atoms with Crippen LogP contribution in [0.15, 0.2) is 0 Å². The zero-order chi connectivity index (χ0) is 8.54. The second kappa shape index (κ2) is 2.66. The third-order valence-electron chi connectivity index (χ3n) is 2.21. The van der Waals surface area contributed by atoms with E-state index in [2.05, 4.69) is 0 Å². The number of alkyl halides is 3. The lowest BCUT2D eigenvalue weighted by atomic mass is 9.84. The second-order valence-electron chi connectivity index (χ2n) is 3.09. The molecule has 66 valence electrons. The van der Waals surface area contributed by atoms with E-state index in [1.54, 1.807) is 0 Å². The predicted molar refractivity (Wildman–Crippen MR) is 34.1 cm³/mol.